The van der Waals surface area contributed by atoms with Crippen molar-refractivity contribution in [3.8, 4) is 0 Å². The van der Waals surface area contributed by atoms with Crippen molar-refractivity contribution >= 4 is 5.91 Å². The lowest BCUT2D eigenvalue weighted by Crippen LogP contribution is -2.40. The molecule has 6 heteroatoms. The van der Waals surface area contributed by atoms with Gasteiger partial charge in [-0.05, 0) is 32.1 Å². The number of aryl methyl sites for hydroxylation is 1. The molecule has 1 heterocycles. The molecular formula is C14H18F2N2O2. The van der Waals surface area contributed by atoms with Gasteiger partial charge in [0.2, 0.25) is 5.92 Å². The van der Waals surface area contributed by atoms with Crippen molar-refractivity contribution in [3.05, 3.63) is 17.0 Å². The first-order valence-corrected chi connectivity index (χ1v) is 7.21. The second-order valence-corrected chi connectivity index (χ2v) is 5.74. The van der Waals surface area contributed by atoms with Crippen LogP contribution < -0.4 is 5.32 Å². The molecule has 0 aliphatic heterocycles. The summed E-state index contributed by atoms with van der Waals surface area (Å²) in [7, 11) is 0. The topological polar surface area (TPSA) is 55.1 Å². The maximum atomic E-state index is 13.1. The summed E-state index contributed by atoms with van der Waals surface area (Å²) in [6, 6.07) is -0.182. The molecule has 0 aromatic carbocycles. The Morgan fingerprint density at radius 3 is 2.70 bits per heavy atom. The fraction of sp³-hybridized carbons (Fsp3) is 0.714. The number of hydrogen-bond acceptors (Lipinski definition) is 3. The van der Waals surface area contributed by atoms with E-state index < -0.39 is 5.92 Å². The van der Waals surface area contributed by atoms with Crippen LogP contribution in [0.4, 0.5) is 8.78 Å². The van der Waals surface area contributed by atoms with E-state index in [9.17, 15) is 13.6 Å². The van der Waals surface area contributed by atoms with Crippen LogP contribution in [0.1, 0.15) is 60.3 Å². The molecule has 2 aliphatic carbocycles. The molecule has 0 saturated heterocycles. The highest BCUT2D eigenvalue weighted by Crippen LogP contribution is 2.33. The van der Waals surface area contributed by atoms with Crippen LogP contribution in [0.25, 0.3) is 0 Å². The Bertz CT molecular complexity index is 503. The summed E-state index contributed by atoms with van der Waals surface area (Å²) in [5.41, 5.74) is 1.24. The van der Waals surface area contributed by atoms with Gasteiger partial charge in [-0.25, -0.2) is 8.78 Å². The van der Waals surface area contributed by atoms with Crippen LogP contribution in [-0.2, 0) is 12.8 Å². The number of amides is 1. The normalized spacial score (nSPS) is 22.3. The molecule has 110 valence electrons. The number of fused-ring (bicyclic) bond motifs is 1. The molecule has 1 aromatic heterocycles. The van der Waals surface area contributed by atoms with Gasteiger partial charge >= 0.3 is 0 Å². The minimum atomic E-state index is -2.58. The average molecular weight is 284 g/mol. The SMILES string of the molecule is O=C(NC1CCC(F)(F)CC1)c1noc2c1CCCC2. The highest BCUT2D eigenvalue weighted by atomic mass is 19.3. The quantitative estimate of drug-likeness (QED) is 0.908. The fourth-order valence-corrected chi connectivity index (χ4v) is 3.00. The Kier molecular flexibility index (Phi) is 3.48. The predicted octanol–water partition coefficient (Wildman–Crippen LogP) is 2.86. The summed E-state index contributed by atoms with van der Waals surface area (Å²) in [6.45, 7) is 0. The van der Waals surface area contributed by atoms with E-state index in [1.165, 1.54) is 0 Å². The first-order valence-electron chi connectivity index (χ1n) is 7.21. The molecule has 2 aliphatic rings. The molecule has 20 heavy (non-hydrogen) atoms. The summed E-state index contributed by atoms with van der Waals surface area (Å²) in [4.78, 5) is 12.2. The number of halogens is 2. The Labute approximate surface area is 115 Å². The predicted molar refractivity (Wildman–Crippen MR) is 67.8 cm³/mol. The smallest absolute Gasteiger partial charge is 0.273 e. The Hall–Kier alpha value is -1.46. The van der Waals surface area contributed by atoms with Crippen LogP contribution in [-0.4, -0.2) is 23.0 Å². The molecule has 1 saturated carbocycles. The van der Waals surface area contributed by atoms with E-state index in [0.717, 1.165) is 37.0 Å². The van der Waals surface area contributed by atoms with Crippen LogP contribution in [0.5, 0.6) is 0 Å². The lowest BCUT2D eigenvalue weighted by molar-refractivity contribution is -0.0399. The third-order valence-electron chi connectivity index (χ3n) is 4.22. The zero-order valence-electron chi connectivity index (χ0n) is 11.3. The standard InChI is InChI=1S/C14H18F2N2O2/c15-14(16)7-5-9(6-8-14)17-13(19)12-10-3-1-2-4-11(10)20-18-12/h9H,1-8H2,(H,17,19). The van der Waals surface area contributed by atoms with Crippen molar-refractivity contribution in [2.24, 2.45) is 0 Å². The van der Waals surface area contributed by atoms with Crippen LogP contribution in [0, 0.1) is 0 Å². The molecule has 1 fully saturated rings. The fourth-order valence-electron chi connectivity index (χ4n) is 3.00. The molecule has 0 bridgehead atoms. The van der Waals surface area contributed by atoms with Crippen molar-refractivity contribution in [2.45, 2.75) is 63.3 Å². The lowest BCUT2D eigenvalue weighted by atomic mass is 9.92. The Morgan fingerprint density at radius 1 is 1.25 bits per heavy atom. The van der Waals surface area contributed by atoms with E-state index in [1.54, 1.807) is 0 Å². The molecule has 0 unspecified atom stereocenters. The van der Waals surface area contributed by atoms with Gasteiger partial charge < -0.3 is 9.84 Å². The monoisotopic (exact) mass is 284 g/mol. The summed E-state index contributed by atoms with van der Waals surface area (Å²) >= 11 is 0. The molecule has 1 aromatic rings. The van der Waals surface area contributed by atoms with Crippen LogP contribution in [0.3, 0.4) is 0 Å². The van der Waals surface area contributed by atoms with Crippen molar-refractivity contribution in [3.63, 3.8) is 0 Å². The van der Waals surface area contributed by atoms with Crippen LogP contribution in [0.2, 0.25) is 0 Å². The van der Waals surface area contributed by atoms with Gasteiger partial charge in [-0.15, -0.1) is 0 Å². The first kappa shape index (κ1) is 13.5. The van der Waals surface area contributed by atoms with Gasteiger partial charge in [0.25, 0.3) is 5.91 Å². The second kappa shape index (κ2) is 5.14. The molecule has 4 nitrogen and oxygen atoms in total. The number of aromatic nitrogens is 1. The number of alkyl halides is 2. The second-order valence-electron chi connectivity index (χ2n) is 5.74. The van der Waals surface area contributed by atoms with E-state index >= 15 is 0 Å². The largest absolute Gasteiger partial charge is 0.360 e. The number of nitrogens with one attached hydrogen (secondary N) is 1. The van der Waals surface area contributed by atoms with Crippen molar-refractivity contribution in [1.29, 1.82) is 0 Å². The molecule has 0 atom stereocenters. The highest BCUT2D eigenvalue weighted by molar-refractivity contribution is 5.94. The van der Waals surface area contributed by atoms with Gasteiger partial charge in [0.15, 0.2) is 5.69 Å². The molecule has 1 N–H and O–H groups in total. The van der Waals surface area contributed by atoms with Crippen molar-refractivity contribution in [2.75, 3.05) is 0 Å². The minimum absolute atomic E-state index is 0.158. The molecular weight excluding hydrogens is 266 g/mol. The van der Waals surface area contributed by atoms with Gasteiger partial charge in [-0.1, -0.05) is 5.16 Å². The van der Waals surface area contributed by atoms with Gasteiger partial charge in [0.05, 0.1) is 0 Å². The van der Waals surface area contributed by atoms with E-state index in [-0.39, 0.29) is 24.8 Å². The lowest BCUT2D eigenvalue weighted by Gasteiger charge is -2.28. The van der Waals surface area contributed by atoms with Gasteiger partial charge in [0, 0.05) is 30.9 Å². The summed E-state index contributed by atoms with van der Waals surface area (Å²) in [5, 5.41) is 6.67. The molecule has 0 radical (unpaired) electrons. The van der Waals surface area contributed by atoms with E-state index in [1.807, 2.05) is 0 Å². The maximum absolute atomic E-state index is 13.1. The summed E-state index contributed by atoms with van der Waals surface area (Å²) in [5.74, 6) is -2.06. The third kappa shape index (κ3) is 2.69. The number of rotatable bonds is 2. The van der Waals surface area contributed by atoms with Gasteiger partial charge in [-0.3, -0.25) is 4.79 Å². The minimum Gasteiger partial charge on any atom is -0.360 e. The first-order chi connectivity index (χ1) is 9.55. The zero-order chi connectivity index (χ0) is 14.2. The zero-order valence-corrected chi connectivity index (χ0v) is 11.3. The maximum Gasteiger partial charge on any atom is 0.273 e. The third-order valence-corrected chi connectivity index (χ3v) is 4.22. The van der Waals surface area contributed by atoms with E-state index in [0.29, 0.717) is 18.5 Å². The highest BCUT2D eigenvalue weighted by Gasteiger charge is 2.36. The van der Waals surface area contributed by atoms with Crippen LogP contribution in [0.15, 0.2) is 4.52 Å². The number of hydrogen-bond donors (Lipinski definition) is 1. The van der Waals surface area contributed by atoms with Gasteiger partial charge in [0.1, 0.15) is 5.76 Å². The Morgan fingerprint density at radius 2 is 1.95 bits per heavy atom. The molecule has 3 rings (SSSR count). The van der Waals surface area contributed by atoms with Crippen LogP contribution >= 0.6 is 0 Å². The molecule has 1 amide bonds. The number of nitrogens with zero attached hydrogens (tertiary/aromatic N) is 1. The summed E-state index contributed by atoms with van der Waals surface area (Å²) in [6.07, 6.45) is 4.04. The summed E-state index contributed by atoms with van der Waals surface area (Å²) < 4.78 is 31.3. The Balaban J connectivity index is 1.64. The average Bonchev–Trinajstić information content (AvgIpc) is 2.85. The van der Waals surface area contributed by atoms with Gasteiger partial charge in [-0.2, -0.15) is 0 Å². The number of carbonyl (C=O) groups excluding carboxylic acids is 1. The number of carbonyl (C=O) groups is 1. The van der Waals surface area contributed by atoms with E-state index in [2.05, 4.69) is 10.5 Å². The van der Waals surface area contributed by atoms with Crippen molar-refractivity contribution in [1.82, 2.24) is 10.5 Å². The van der Waals surface area contributed by atoms with E-state index in [4.69, 9.17) is 4.52 Å². The molecule has 0 spiro atoms. The van der Waals surface area contributed by atoms with Crippen molar-refractivity contribution < 1.29 is 18.1 Å².